The lowest BCUT2D eigenvalue weighted by atomic mass is 10.1. The molecule has 0 radical (unpaired) electrons. The fraction of sp³-hybridized carbons (Fsp3) is 0.211. The number of nitrogens with zero attached hydrogens (tertiary/aromatic N) is 1. The molecule has 3 amide bonds. The van der Waals surface area contributed by atoms with Gasteiger partial charge in [0.2, 0.25) is 5.91 Å². The first-order valence-electron chi connectivity index (χ1n) is 8.13. The average Bonchev–Trinajstić information content (AvgIpc) is 2.87. The third-order valence-electron chi connectivity index (χ3n) is 4.17. The van der Waals surface area contributed by atoms with Crippen LogP contribution in [-0.4, -0.2) is 40.8 Å². The minimum absolute atomic E-state index is 0.153. The molecule has 0 spiro atoms. The minimum atomic E-state index is -0.852. The fourth-order valence-electron chi connectivity index (χ4n) is 2.78. The third kappa shape index (κ3) is 3.62. The minimum Gasteiger partial charge on any atom is -0.388 e. The van der Waals surface area contributed by atoms with Crippen molar-refractivity contribution in [1.82, 2.24) is 10.2 Å². The number of hydrogen-bond acceptors (Lipinski definition) is 4. The maximum Gasteiger partial charge on any atom is 0.262 e. The molecule has 7 heteroatoms. The van der Waals surface area contributed by atoms with Crippen LogP contribution in [0.3, 0.4) is 0 Å². The van der Waals surface area contributed by atoms with Crippen LogP contribution >= 0.6 is 0 Å². The number of carbonyl (C=O) groups is 3. The second-order valence-corrected chi connectivity index (χ2v) is 5.95. The zero-order valence-corrected chi connectivity index (χ0v) is 13.8. The number of fused-ring (bicyclic) bond motifs is 1. The van der Waals surface area contributed by atoms with Gasteiger partial charge in [0.05, 0.1) is 17.2 Å². The molecule has 1 unspecified atom stereocenters. The monoisotopic (exact) mass is 356 g/mol. The Morgan fingerprint density at radius 2 is 1.62 bits per heavy atom. The Hall–Kier alpha value is -3.06. The van der Waals surface area contributed by atoms with Gasteiger partial charge in [0.25, 0.3) is 11.8 Å². The third-order valence-corrected chi connectivity index (χ3v) is 4.17. The van der Waals surface area contributed by atoms with E-state index in [4.69, 9.17) is 0 Å². The zero-order chi connectivity index (χ0) is 18.7. The van der Waals surface area contributed by atoms with E-state index in [9.17, 15) is 23.9 Å². The lowest BCUT2D eigenvalue weighted by Crippen LogP contribution is -2.40. The fourth-order valence-corrected chi connectivity index (χ4v) is 2.78. The van der Waals surface area contributed by atoms with Gasteiger partial charge in [-0.1, -0.05) is 24.3 Å². The number of aliphatic hydroxyl groups is 1. The van der Waals surface area contributed by atoms with Crippen LogP contribution in [0.5, 0.6) is 0 Å². The second-order valence-electron chi connectivity index (χ2n) is 5.95. The van der Waals surface area contributed by atoms with Gasteiger partial charge in [-0.05, 0) is 36.2 Å². The van der Waals surface area contributed by atoms with Crippen molar-refractivity contribution in [3.63, 3.8) is 0 Å². The Kier molecular flexibility index (Phi) is 5.09. The Bertz CT molecular complexity index is 816. The molecule has 2 aromatic rings. The zero-order valence-electron chi connectivity index (χ0n) is 13.8. The maximum atomic E-state index is 12.9. The Morgan fingerprint density at radius 1 is 1.04 bits per heavy atom. The van der Waals surface area contributed by atoms with Crippen LogP contribution in [0.2, 0.25) is 0 Å². The Morgan fingerprint density at radius 3 is 2.19 bits per heavy atom. The van der Waals surface area contributed by atoms with Crippen molar-refractivity contribution in [1.29, 1.82) is 0 Å². The van der Waals surface area contributed by atoms with Gasteiger partial charge in [-0.2, -0.15) is 0 Å². The van der Waals surface area contributed by atoms with E-state index in [-0.39, 0.29) is 30.6 Å². The Balaban J connectivity index is 1.50. The number of hydrogen-bond donors (Lipinski definition) is 2. The van der Waals surface area contributed by atoms with Crippen molar-refractivity contribution < 1.29 is 23.9 Å². The lowest BCUT2D eigenvalue weighted by molar-refractivity contribution is -0.121. The van der Waals surface area contributed by atoms with Crippen molar-refractivity contribution in [3.05, 3.63) is 71.0 Å². The molecular formula is C19H17FN2O4. The highest BCUT2D eigenvalue weighted by Crippen LogP contribution is 2.22. The van der Waals surface area contributed by atoms with Gasteiger partial charge in [0, 0.05) is 6.54 Å². The van der Waals surface area contributed by atoms with Crippen LogP contribution in [0.15, 0.2) is 48.5 Å². The molecule has 0 fully saturated rings. The quantitative estimate of drug-likeness (QED) is 0.771. The summed E-state index contributed by atoms with van der Waals surface area (Å²) in [6.45, 7) is -0.223. The summed E-state index contributed by atoms with van der Waals surface area (Å²) in [6, 6.07) is 11.9. The molecule has 134 valence electrons. The topological polar surface area (TPSA) is 86.7 Å². The van der Waals surface area contributed by atoms with E-state index < -0.39 is 29.6 Å². The van der Waals surface area contributed by atoms with Gasteiger partial charge in [-0.15, -0.1) is 0 Å². The van der Waals surface area contributed by atoms with Gasteiger partial charge in [-0.3, -0.25) is 19.3 Å². The van der Waals surface area contributed by atoms with Crippen molar-refractivity contribution in [3.8, 4) is 0 Å². The molecule has 0 bridgehead atoms. The molecule has 0 saturated carbocycles. The van der Waals surface area contributed by atoms with Crippen LogP contribution in [0, 0.1) is 5.82 Å². The summed E-state index contributed by atoms with van der Waals surface area (Å²) in [4.78, 5) is 37.3. The van der Waals surface area contributed by atoms with E-state index in [0.29, 0.717) is 5.56 Å². The summed E-state index contributed by atoms with van der Waals surface area (Å²) in [5.41, 5.74) is 1.12. The van der Waals surface area contributed by atoms with Gasteiger partial charge in [-0.25, -0.2) is 4.39 Å². The number of aliphatic hydroxyl groups excluding tert-OH is 1. The van der Waals surface area contributed by atoms with Crippen molar-refractivity contribution >= 4 is 17.7 Å². The average molecular weight is 356 g/mol. The summed E-state index contributed by atoms with van der Waals surface area (Å²) in [6.07, 6.45) is -0.630. The van der Waals surface area contributed by atoms with Crippen molar-refractivity contribution in [2.45, 2.75) is 12.5 Å². The molecule has 26 heavy (non-hydrogen) atoms. The molecule has 1 atom stereocenters. The van der Waals surface area contributed by atoms with Crippen LogP contribution in [0.4, 0.5) is 4.39 Å². The number of amides is 3. The molecular weight excluding hydrogens is 339 g/mol. The smallest absolute Gasteiger partial charge is 0.262 e. The summed E-state index contributed by atoms with van der Waals surface area (Å²) in [5.74, 6) is -1.87. The summed E-state index contributed by atoms with van der Waals surface area (Å²) in [5, 5.41) is 12.6. The van der Waals surface area contributed by atoms with Crippen LogP contribution in [-0.2, 0) is 4.79 Å². The largest absolute Gasteiger partial charge is 0.388 e. The predicted octanol–water partition coefficient (Wildman–Crippen LogP) is 1.66. The summed E-state index contributed by atoms with van der Waals surface area (Å²) >= 11 is 0. The number of halogens is 1. The number of carbonyl (C=O) groups excluding carboxylic acids is 3. The standard InChI is InChI=1S/C19H17FN2O4/c20-13-7-5-12(6-8-13)16(23)9-10-21-17(24)11-22-18(25)14-3-1-2-4-15(14)19(22)26/h1-8,16,23H,9-11H2,(H,21,24). The number of rotatable bonds is 6. The number of nitrogens with one attached hydrogen (secondary N) is 1. The molecule has 6 nitrogen and oxygen atoms in total. The summed E-state index contributed by atoms with van der Waals surface area (Å²) in [7, 11) is 0. The molecule has 0 aromatic heterocycles. The molecule has 1 aliphatic rings. The van der Waals surface area contributed by atoms with E-state index >= 15 is 0 Å². The molecule has 3 rings (SSSR count). The maximum absolute atomic E-state index is 12.9. The normalized spacial score (nSPS) is 14.3. The molecule has 1 aliphatic heterocycles. The molecule has 0 aliphatic carbocycles. The van der Waals surface area contributed by atoms with E-state index in [1.807, 2.05) is 0 Å². The first-order chi connectivity index (χ1) is 12.5. The van der Waals surface area contributed by atoms with Crippen molar-refractivity contribution in [2.24, 2.45) is 0 Å². The van der Waals surface area contributed by atoms with E-state index in [0.717, 1.165) is 4.90 Å². The van der Waals surface area contributed by atoms with E-state index in [2.05, 4.69) is 5.32 Å². The highest BCUT2D eigenvalue weighted by Gasteiger charge is 2.36. The van der Waals surface area contributed by atoms with Gasteiger partial charge in [0.15, 0.2) is 0 Å². The summed E-state index contributed by atoms with van der Waals surface area (Å²) < 4.78 is 12.9. The highest BCUT2D eigenvalue weighted by atomic mass is 19.1. The molecule has 2 aromatic carbocycles. The van der Waals surface area contributed by atoms with Gasteiger partial charge < -0.3 is 10.4 Å². The number of benzene rings is 2. The Labute approximate surface area is 149 Å². The van der Waals surface area contributed by atoms with Gasteiger partial charge in [0.1, 0.15) is 12.4 Å². The predicted molar refractivity (Wildman–Crippen MR) is 90.8 cm³/mol. The SMILES string of the molecule is O=C(CN1C(=O)c2ccccc2C1=O)NCCC(O)c1ccc(F)cc1. The molecule has 1 heterocycles. The first-order valence-corrected chi connectivity index (χ1v) is 8.13. The van der Waals surface area contributed by atoms with Crippen LogP contribution < -0.4 is 5.32 Å². The van der Waals surface area contributed by atoms with E-state index in [1.165, 1.54) is 24.3 Å². The van der Waals surface area contributed by atoms with Crippen LogP contribution in [0.1, 0.15) is 38.8 Å². The number of imide groups is 1. The van der Waals surface area contributed by atoms with Gasteiger partial charge >= 0.3 is 0 Å². The molecule has 2 N–H and O–H groups in total. The molecule has 0 saturated heterocycles. The first kappa shape index (κ1) is 17.8. The van der Waals surface area contributed by atoms with Crippen molar-refractivity contribution in [2.75, 3.05) is 13.1 Å². The second kappa shape index (κ2) is 7.45. The van der Waals surface area contributed by atoms with E-state index in [1.54, 1.807) is 24.3 Å². The van der Waals surface area contributed by atoms with Crippen LogP contribution in [0.25, 0.3) is 0 Å². The lowest BCUT2D eigenvalue weighted by Gasteiger charge is -2.15. The highest BCUT2D eigenvalue weighted by molar-refractivity contribution is 6.22.